The summed E-state index contributed by atoms with van der Waals surface area (Å²) in [5.74, 6) is 0.709. The number of hydrogen-bond acceptors (Lipinski definition) is 2. The molecule has 0 fully saturated rings. The Morgan fingerprint density at radius 1 is 1.32 bits per heavy atom. The van der Waals surface area contributed by atoms with Crippen LogP contribution in [0.4, 0.5) is 0 Å². The molecule has 1 aromatic rings. The Morgan fingerprint density at radius 3 is 2.58 bits per heavy atom. The van der Waals surface area contributed by atoms with E-state index in [2.05, 4.69) is 24.4 Å². The minimum Gasteiger partial charge on any atom is -0.396 e. The monoisotopic (exact) mass is 263 g/mol. The first-order valence-corrected chi connectivity index (χ1v) is 7.09. The number of carbonyl (C=O) groups excluding carboxylic acids is 1. The second-order valence-electron chi connectivity index (χ2n) is 5.14. The lowest BCUT2D eigenvalue weighted by atomic mass is 9.93. The molecule has 0 bridgehead atoms. The van der Waals surface area contributed by atoms with Crippen molar-refractivity contribution in [3.63, 3.8) is 0 Å². The second-order valence-corrected chi connectivity index (χ2v) is 5.14. The van der Waals surface area contributed by atoms with Gasteiger partial charge in [0.1, 0.15) is 0 Å². The van der Waals surface area contributed by atoms with Crippen LogP contribution in [0, 0.1) is 5.92 Å². The second kappa shape index (κ2) is 8.70. The molecule has 0 spiro atoms. The topological polar surface area (TPSA) is 49.3 Å². The van der Waals surface area contributed by atoms with Gasteiger partial charge in [-0.15, -0.1) is 0 Å². The van der Waals surface area contributed by atoms with E-state index >= 15 is 0 Å². The van der Waals surface area contributed by atoms with E-state index < -0.39 is 0 Å². The van der Waals surface area contributed by atoms with Crippen molar-refractivity contribution in [2.75, 3.05) is 13.2 Å². The molecule has 2 atom stereocenters. The standard InChI is InChI=1S/C16H25NO2/c1-3-14(15-7-5-4-6-8-15)11-16(19)17-12-13(2)9-10-18/h4-8,13-14,18H,3,9-12H2,1-2H3,(H,17,19). The maximum absolute atomic E-state index is 11.9. The summed E-state index contributed by atoms with van der Waals surface area (Å²) in [5.41, 5.74) is 1.23. The zero-order valence-electron chi connectivity index (χ0n) is 11.9. The van der Waals surface area contributed by atoms with E-state index in [1.807, 2.05) is 25.1 Å². The molecule has 1 aromatic carbocycles. The largest absolute Gasteiger partial charge is 0.396 e. The van der Waals surface area contributed by atoms with Crippen LogP contribution in [0.3, 0.4) is 0 Å². The van der Waals surface area contributed by atoms with Crippen LogP contribution in [0.5, 0.6) is 0 Å². The summed E-state index contributed by atoms with van der Waals surface area (Å²) in [6.45, 7) is 4.97. The predicted octanol–water partition coefficient (Wildman–Crippen LogP) is 2.71. The fourth-order valence-electron chi connectivity index (χ4n) is 2.13. The molecule has 3 heteroatoms. The summed E-state index contributed by atoms with van der Waals surface area (Å²) >= 11 is 0. The van der Waals surface area contributed by atoms with Gasteiger partial charge in [-0.2, -0.15) is 0 Å². The lowest BCUT2D eigenvalue weighted by Crippen LogP contribution is -2.29. The van der Waals surface area contributed by atoms with Crippen molar-refractivity contribution >= 4 is 5.91 Å². The first-order chi connectivity index (χ1) is 9.17. The van der Waals surface area contributed by atoms with E-state index in [-0.39, 0.29) is 18.4 Å². The molecular weight excluding hydrogens is 238 g/mol. The first-order valence-electron chi connectivity index (χ1n) is 7.09. The summed E-state index contributed by atoms with van der Waals surface area (Å²) in [6, 6.07) is 10.2. The molecule has 1 amide bonds. The molecule has 0 aliphatic carbocycles. The van der Waals surface area contributed by atoms with E-state index in [9.17, 15) is 4.79 Å². The van der Waals surface area contributed by atoms with Gasteiger partial charge in [0, 0.05) is 19.6 Å². The lowest BCUT2D eigenvalue weighted by molar-refractivity contribution is -0.121. The highest BCUT2D eigenvalue weighted by atomic mass is 16.3. The van der Waals surface area contributed by atoms with Crippen molar-refractivity contribution in [1.29, 1.82) is 0 Å². The molecule has 0 aliphatic heterocycles. The Labute approximate surface area is 116 Å². The highest BCUT2D eigenvalue weighted by Gasteiger charge is 2.14. The van der Waals surface area contributed by atoms with Crippen molar-refractivity contribution in [1.82, 2.24) is 5.32 Å². The number of nitrogens with one attached hydrogen (secondary N) is 1. The number of aliphatic hydroxyl groups is 1. The molecule has 0 aliphatic rings. The number of carbonyl (C=O) groups is 1. The van der Waals surface area contributed by atoms with Crippen LogP contribution in [-0.4, -0.2) is 24.2 Å². The van der Waals surface area contributed by atoms with Gasteiger partial charge in [0.25, 0.3) is 0 Å². The van der Waals surface area contributed by atoms with Crippen molar-refractivity contribution in [2.24, 2.45) is 5.92 Å². The molecule has 2 N–H and O–H groups in total. The van der Waals surface area contributed by atoms with Gasteiger partial charge in [-0.25, -0.2) is 0 Å². The van der Waals surface area contributed by atoms with Gasteiger partial charge in [0.05, 0.1) is 0 Å². The molecule has 19 heavy (non-hydrogen) atoms. The number of hydrogen-bond donors (Lipinski definition) is 2. The Hall–Kier alpha value is -1.35. The maximum Gasteiger partial charge on any atom is 0.220 e. The normalized spacial score (nSPS) is 13.8. The Bertz CT molecular complexity index is 364. The van der Waals surface area contributed by atoms with Crippen LogP contribution < -0.4 is 5.32 Å². The van der Waals surface area contributed by atoms with Gasteiger partial charge in [0.2, 0.25) is 5.91 Å². The lowest BCUT2D eigenvalue weighted by Gasteiger charge is -2.16. The van der Waals surface area contributed by atoms with Crippen LogP contribution in [0.2, 0.25) is 0 Å². The third-order valence-electron chi connectivity index (χ3n) is 3.47. The minimum atomic E-state index is 0.0977. The molecule has 106 valence electrons. The molecule has 1 rings (SSSR count). The molecule has 0 saturated heterocycles. The van der Waals surface area contributed by atoms with E-state index in [0.717, 1.165) is 12.8 Å². The van der Waals surface area contributed by atoms with E-state index in [0.29, 0.717) is 18.9 Å². The molecule has 0 heterocycles. The summed E-state index contributed by atoms with van der Waals surface area (Å²) in [5, 5.41) is 11.8. The zero-order chi connectivity index (χ0) is 14.1. The Morgan fingerprint density at radius 2 is 2.00 bits per heavy atom. The molecular formula is C16H25NO2. The average molecular weight is 263 g/mol. The summed E-state index contributed by atoms with van der Waals surface area (Å²) in [6.07, 6.45) is 2.23. The van der Waals surface area contributed by atoms with Crippen LogP contribution in [0.1, 0.15) is 44.6 Å². The van der Waals surface area contributed by atoms with Gasteiger partial charge in [0.15, 0.2) is 0 Å². The quantitative estimate of drug-likeness (QED) is 0.757. The van der Waals surface area contributed by atoms with Crippen LogP contribution in [-0.2, 0) is 4.79 Å². The fourth-order valence-corrected chi connectivity index (χ4v) is 2.13. The van der Waals surface area contributed by atoms with Crippen molar-refractivity contribution in [3.05, 3.63) is 35.9 Å². The number of amides is 1. The molecule has 2 unspecified atom stereocenters. The molecule has 0 aromatic heterocycles. The van der Waals surface area contributed by atoms with Gasteiger partial charge in [-0.05, 0) is 30.2 Å². The zero-order valence-corrected chi connectivity index (χ0v) is 11.9. The first kappa shape index (κ1) is 15.7. The highest BCUT2D eigenvalue weighted by molar-refractivity contribution is 5.76. The van der Waals surface area contributed by atoms with Gasteiger partial charge in [-0.1, -0.05) is 44.2 Å². The summed E-state index contributed by atoms with van der Waals surface area (Å²) < 4.78 is 0. The third kappa shape index (κ3) is 5.88. The Kier molecular flexibility index (Phi) is 7.19. The van der Waals surface area contributed by atoms with Crippen molar-refractivity contribution < 1.29 is 9.90 Å². The molecule has 3 nitrogen and oxygen atoms in total. The maximum atomic E-state index is 11.9. The average Bonchev–Trinajstić information content (AvgIpc) is 2.44. The number of rotatable bonds is 8. The summed E-state index contributed by atoms with van der Waals surface area (Å²) in [7, 11) is 0. The third-order valence-corrected chi connectivity index (χ3v) is 3.47. The van der Waals surface area contributed by atoms with Crippen molar-refractivity contribution in [3.8, 4) is 0 Å². The van der Waals surface area contributed by atoms with E-state index in [1.165, 1.54) is 5.56 Å². The minimum absolute atomic E-state index is 0.0977. The van der Waals surface area contributed by atoms with Crippen molar-refractivity contribution in [2.45, 2.75) is 39.0 Å². The van der Waals surface area contributed by atoms with Crippen LogP contribution >= 0.6 is 0 Å². The Balaban J connectivity index is 2.41. The fraction of sp³-hybridized carbons (Fsp3) is 0.562. The van der Waals surface area contributed by atoms with E-state index in [1.54, 1.807) is 0 Å². The summed E-state index contributed by atoms with van der Waals surface area (Å²) in [4.78, 5) is 11.9. The number of benzene rings is 1. The van der Waals surface area contributed by atoms with Crippen LogP contribution in [0.25, 0.3) is 0 Å². The van der Waals surface area contributed by atoms with Crippen LogP contribution in [0.15, 0.2) is 30.3 Å². The smallest absolute Gasteiger partial charge is 0.220 e. The SMILES string of the molecule is CCC(CC(=O)NCC(C)CCO)c1ccccc1. The van der Waals surface area contributed by atoms with E-state index in [4.69, 9.17) is 5.11 Å². The van der Waals surface area contributed by atoms with Gasteiger partial charge < -0.3 is 10.4 Å². The molecule has 0 radical (unpaired) electrons. The highest BCUT2D eigenvalue weighted by Crippen LogP contribution is 2.22. The predicted molar refractivity (Wildman–Crippen MR) is 78.0 cm³/mol. The van der Waals surface area contributed by atoms with Gasteiger partial charge in [-0.3, -0.25) is 4.79 Å². The number of aliphatic hydroxyl groups excluding tert-OH is 1. The molecule has 0 saturated carbocycles. The van der Waals surface area contributed by atoms with Gasteiger partial charge >= 0.3 is 0 Å².